The molecule has 3 aromatic rings. The molecular weight excluding hydrogens is 572 g/mol. The van der Waals surface area contributed by atoms with Crippen LogP contribution < -0.4 is 29.1 Å². The summed E-state index contributed by atoms with van der Waals surface area (Å²) in [6, 6.07) is 10.1. The third-order valence-electron chi connectivity index (χ3n) is 6.11. The Balaban J connectivity index is 2.04. The van der Waals surface area contributed by atoms with Gasteiger partial charge >= 0.3 is 5.97 Å². The molecule has 0 amide bonds. The molecule has 0 saturated carbocycles. The number of fused-ring (bicyclic) bond motifs is 1. The van der Waals surface area contributed by atoms with Crippen LogP contribution in [0.25, 0.3) is 6.08 Å². The van der Waals surface area contributed by atoms with Crippen molar-refractivity contribution in [2.24, 2.45) is 4.99 Å². The number of hydrogen-bond acceptors (Lipinski definition) is 8. The van der Waals surface area contributed by atoms with E-state index in [2.05, 4.69) is 15.9 Å². The van der Waals surface area contributed by atoms with Gasteiger partial charge in [0.1, 0.15) is 23.3 Å². The van der Waals surface area contributed by atoms with Crippen molar-refractivity contribution in [1.29, 1.82) is 0 Å². The molecule has 2 aromatic carbocycles. The van der Waals surface area contributed by atoms with Crippen molar-refractivity contribution < 1.29 is 23.7 Å². The number of allylic oxidation sites excluding steroid dienone is 1. The summed E-state index contributed by atoms with van der Waals surface area (Å²) >= 11 is 4.80. The molecule has 38 heavy (non-hydrogen) atoms. The average Bonchev–Trinajstić information content (AvgIpc) is 3.22. The first-order chi connectivity index (χ1) is 18.4. The molecule has 0 aliphatic carbocycles. The van der Waals surface area contributed by atoms with Gasteiger partial charge in [0.2, 0.25) is 0 Å². The summed E-state index contributed by atoms with van der Waals surface area (Å²) in [5.41, 5.74) is 2.03. The normalized spacial score (nSPS) is 15.1. The van der Waals surface area contributed by atoms with Crippen LogP contribution in [0, 0.1) is 0 Å². The highest BCUT2D eigenvalue weighted by atomic mass is 79.9. The van der Waals surface area contributed by atoms with Gasteiger partial charge in [-0.1, -0.05) is 40.6 Å². The zero-order chi connectivity index (χ0) is 27.4. The maximum absolute atomic E-state index is 14.0. The molecule has 0 radical (unpaired) electrons. The summed E-state index contributed by atoms with van der Waals surface area (Å²) in [4.78, 5) is 32.7. The van der Waals surface area contributed by atoms with Crippen molar-refractivity contribution in [3.8, 4) is 17.2 Å². The van der Waals surface area contributed by atoms with Crippen molar-refractivity contribution in [2.75, 3.05) is 27.9 Å². The van der Waals surface area contributed by atoms with Gasteiger partial charge in [-0.15, -0.1) is 0 Å². The summed E-state index contributed by atoms with van der Waals surface area (Å²) in [6.07, 6.45) is 3.09. The Kier molecular flexibility index (Phi) is 8.73. The van der Waals surface area contributed by atoms with E-state index >= 15 is 0 Å². The number of methoxy groups -OCH3 is 3. The van der Waals surface area contributed by atoms with Crippen molar-refractivity contribution in [3.63, 3.8) is 0 Å². The molecule has 0 unspecified atom stereocenters. The van der Waals surface area contributed by atoms with Crippen LogP contribution in [0.2, 0.25) is 0 Å². The van der Waals surface area contributed by atoms with Gasteiger partial charge in [-0.3, -0.25) is 9.36 Å². The molecular formula is C28H29BrN2O6S. The van der Waals surface area contributed by atoms with Gasteiger partial charge < -0.3 is 18.9 Å². The fourth-order valence-corrected chi connectivity index (χ4v) is 5.80. The molecule has 200 valence electrons. The second-order valence-electron chi connectivity index (χ2n) is 8.41. The summed E-state index contributed by atoms with van der Waals surface area (Å²) in [5, 5.41) is 0. The van der Waals surface area contributed by atoms with E-state index in [-0.39, 0.29) is 12.2 Å². The molecule has 1 aliphatic rings. The highest BCUT2D eigenvalue weighted by Gasteiger charge is 2.36. The van der Waals surface area contributed by atoms with Crippen molar-refractivity contribution >= 4 is 39.3 Å². The number of hydrogen-bond donors (Lipinski definition) is 0. The van der Waals surface area contributed by atoms with E-state index in [1.165, 1.54) is 11.3 Å². The van der Waals surface area contributed by atoms with E-state index in [1.54, 1.807) is 57.1 Å². The topological polar surface area (TPSA) is 88.4 Å². The van der Waals surface area contributed by atoms with E-state index in [4.69, 9.17) is 23.9 Å². The standard InChI is InChI=1S/C28H29BrN2O6S/c1-6-8-20-24(27(33)37-7-2)25(19-14-17(29)10-12-21(19)35-4)31-26(32)23(38-28(31)30-20)13-16-9-11-18(34-3)15-22(16)36-5/h9-15,25H,6-8H2,1-5H3/b23-13+/t25-/m0/s1. The minimum absolute atomic E-state index is 0.200. The zero-order valence-corrected chi connectivity index (χ0v) is 24.3. The Morgan fingerprint density at radius 3 is 2.50 bits per heavy atom. The molecule has 1 atom stereocenters. The summed E-state index contributed by atoms with van der Waals surface area (Å²) < 4.78 is 24.8. The molecule has 8 nitrogen and oxygen atoms in total. The quantitative estimate of drug-likeness (QED) is 0.339. The number of halogens is 1. The average molecular weight is 602 g/mol. The third kappa shape index (κ3) is 5.28. The molecule has 2 heterocycles. The number of benzene rings is 2. The minimum Gasteiger partial charge on any atom is -0.497 e. The molecule has 1 aliphatic heterocycles. The highest BCUT2D eigenvalue weighted by Crippen LogP contribution is 2.38. The Morgan fingerprint density at radius 2 is 1.84 bits per heavy atom. The van der Waals surface area contributed by atoms with E-state index in [9.17, 15) is 9.59 Å². The Hall–Kier alpha value is -3.37. The SMILES string of the molecule is CCCC1=C(C(=O)OCC)[C@H](c2cc(Br)ccc2OC)n2c(s/c(=C/c3ccc(OC)cc3OC)c2=O)=N1. The number of aromatic nitrogens is 1. The first-order valence-corrected chi connectivity index (χ1v) is 13.7. The largest absolute Gasteiger partial charge is 0.497 e. The van der Waals surface area contributed by atoms with E-state index < -0.39 is 12.0 Å². The summed E-state index contributed by atoms with van der Waals surface area (Å²) in [6.45, 7) is 3.97. The smallest absolute Gasteiger partial charge is 0.338 e. The second kappa shape index (κ2) is 12.0. The van der Waals surface area contributed by atoms with Crippen LogP contribution in [0.1, 0.15) is 43.9 Å². The number of rotatable bonds is 9. The van der Waals surface area contributed by atoms with Crippen LogP contribution in [-0.4, -0.2) is 38.5 Å². The predicted molar refractivity (Wildman–Crippen MR) is 150 cm³/mol. The maximum Gasteiger partial charge on any atom is 0.338 e. The van der Waals surface area contributed by atoms with Crippen LogP contribution in [0.5, 0.6) is 17.2 Å². The van der Waals surface area contributed by atoms with Crippen molar-refractivity contribution in [1.82, 2.24) is 4.57 Å². The first-order valence-electron chi connectivity index (χ1n) is 12.1. The monoisotopic (exact) mass is 600 g/mol. The third-order valence-corrected chi connectivity index (χ3v) is 7.58. The first kappa shape index (κ1) is 27.7. The molecule has 0 N–H and O–H groups in total. The van der Waals surface area contributed by atoms with Crippen molar-refractivity contribution in [2.45, 2.75) is 32.7 Å². The Bertz CT molecular complexity index is 1570. The number of esters is 1. The van der Waals surface area contributed by atoms with Crippen LogP contribution in [0.15, 0.2) is 61.9 Å². The van der Waals surface area contributed by atoms with Gasteiger partial charge in [-0.2, -0.15) is 0 Å². The molecule has 10 heteroatoms. The number of carbonyl (C=O) groups is 1. The van der Waals surface area contributed by atoms with Gasteiger partial charge in [-0.05, 0) is 49.8 Å². The number of thiazole rings is 1. The molecule has 0 bridgehead atoms. The lowest BCUT2D eigenvalue weighted by atomic mass is 9.93. The summed E-state index contributed by atoms with van der Waals surface area (Å²) in [7, 11) is 4.71. The van der Waals surface area contributed by atoms with Gasteiger partial charge in [0, 0.05) is 21.7 Å². The molecule has 0 saturated heterocycles. The predicted octanol–water partition coefficient (Wildman–Crippen LogP) is 4.37. The molecule has 0 spiro atoms. The van der Waals surface area contributed by atoms with Crippen LogP contribution in [0.3, 0.4) is 0 Å². The van der Waals surface area contributed by atoms with Crippen LogP contribution in [0.4, 0.5) is 0 Å². The van der Waals surface area contributed by atoms with Gasteiger partial charge in [0.05, 0.1) is 43.7 Å². The lowest BCUT2D eigenvalue weighted by Crippen LogP contribution is -2.40. The number of carbonyl (C=O) groups excluding carboxylic acids is 1. The molecule has 1 aromatic heterocycles. The fraction of sp³-hybridized carbons (Fsp3) is 0.321. The van der Waals surface area contributed by atoms with Crippen LogP contribution in [-0.2, 0) is 9.53 Å². The van der Waals surface area contributed by atoms with E-state index in [1.807, 2.05) is 25.1 Å². The van der Waals surface area contributed by atoms with Crippen LogP contribution >= 0.6 is 27.3 Å². The minimum atomic E-state index is -0.779. The van der Waals surface area contributed by atoms with E-state index in [0.717, 1.165) is 10.9 Å². The van der Waals surface area contributed by atoms with Gasteiger partial charge in [0.25, 0.3) is 5.56 Å². The van der Waals surface area contributed by atoms with Gasteiger partial charge in [0.15, 0.2) is 4.80 Å². The van der Waals surface area contributed by atoms with E-state index in [0.29, 0.717) is 55.4 Å². The maximum atomic E-state index is 14.0. The van der Waals surface area contributed by atoms with Gasteiger partial charge in [-0.25, -0.2) is 9.79 Å². The fourth-order valence-electron chi connectivity index (χ4n) is 4.41. The highest BCUT2D eigenvalue weighted by molar-refractivity contribution is 9.10. The second-order valence-corrected chi connectivity index (χ2v) is 10.3. The lowest BCUT2D eigenvalue weighted by Gasteiger charge is -2.27. The molecule has 0 fully saturated rings. The Morgan fingerprint density at radius 1 is 1.08 bits per heavy atom. The zero-order valence-electron chi connectivity index (χ0n) is 21.9. The Labute approximate surface area is 233 Å². The molecule has 4 rings (SSSR count). The number of ether oxygens (including phenoxy) is 4. The summed E-state index contributed by atoms with van der Waals surface area (Å²) in [5.74, 6) is 1.26. The number of nitrogens with zero attached hydrogens (tertiary/aromatic N) is 2. The lowest BCUT2D eigenvalue weighted by molar-refractivity contribution is -0.139. The van der Waals surface area contributed by atoms with Crippen molar-refractivity contribution in [3.05, 3.63) is 83.0 Å².